The molecule has 1 saturated heterocycles. The number of amides is 2. The molecule has 3 rings (SSSR count). The SMILES string of the molecule is CNC(=O)[C@H]1CCCN(C(=O)c2c[nH]c3cc(F)ccc23)C1. The van der Waals surface area contributed by atoms with Crippen molar-refractivity contribution in [2.45, 2.75) is 12.8 Å². The van der Waals surface area contributed by atoms with Gasteiger partial charge in [-0.3, -0.25) is 9.59 Å². The number of carbonyl (C=O) groups is 2. The maximum absolute atomic E-state index is 13.2. The zero-order valence-electron chi connectivity index (χ0n) is 12.4. The maximum atomic E-state index is 13.2. The molecule has 2 amide bonds. The number of rotatable bonds is 2. The van der Waals surface area contributed by atoms with E-state index in [-0.39, 0.29) is 23.5 Å². The summed E-state index contributed by atoms with van der Waals surface area (Å²) in [6.07, 6.45) is 3.21. The van der Waals surface area contributed by atoms with Crippen LogP contribution < -0.4 is 5.32 Å². The van der Waals surface area contributed by atoms with E-state index in [4.69, 9.17) is 0 Å². The van der Waals surface area contributed by atoms with E-state index < -0.39 is 0 Å². The van der Waals surface area contributed by atoms with Crippen LogP contribution in [-0.4, -0.2) is 41.8 Å². The highest BCUT2D eigenvalue weighted by atomic mass is 19.1. The number of halogens is 1. The molecule has 2 aromatic rings. The lowest BCUT2D eigenvalue weighted by molar-refractivity contribution is -0.125. The van der Waals surface area contributed by atoms with E-state index in [0.29, 0.717) is 29.6 Å². The molecule has 2 N–H and O–H groups in total. The summed E-state index contributed by atoms with van der Waals surface area (Å²) < 4.78 is 13.2. The molecule has 116 valence electrons. The number of benzene rings is 1. The first-order valence-electron chi connectivity index (χ1n) is 7.37. The van der Waals surface area contributed by atoms with Crippen molar-refractivity contribution >= 4 is 22.7 Å². The summed E-state index contributed by atoms with van der Waals surface area (Å²) in [7, 11) is 1.61. The van der Waals surface area contributed by atoms with Crippen LogP contribution in [0.1, 0.15) is 23.2 Å². The Hall–Kier alpha value is -2.37. The Labute approximate surface area is 127 Å². The van der Waals surface area contributed by atoms with Gasteiger partial charge in [-0.2, -0.15) is 0 Å². The van der Waals surface area contributed by atoms with Gasteiger partial charge in [0, 0.05) is 37.2 Å². The van der Waals surface area contributed by atoms with Crippen molar-refractivity contribution < 1.29 is 14.0 Å². The van der Waals surface area contributed by atoms with Gasteiger partial charge in [0.1, 0.15) is 5.82 Å². The van der Waals surface area contributed by atoms with E-state index in [2.05, 4.69) is 10.3 Å². The van der Waals surface area contributed by atoms with Crippen LogP contribution in [0, 0.1) is 11.7 Å². The predicted molar refractivity (Wildman–Crippen MR) is 81.0 cm³/mol. The highest BCUT2D eigenvalue weighted by molar-refractivity contribution is 6.06. The molecule has 22 heavy (non-hydrogen) atoms. The summed E-state index contributed by atoms with van der Waals surface area (Å²) in [4.78, 5) is 29.1. The van der Waals surface area contributed by atoms with Crippen LogP contribution in [0.4, 0.5) is 4.39 Å². The number of likely N-dealkylation sites (tertiary alicyclic amines) is 1. The number of fused-ring (bicyclic) bond motifs is 1. The number of H-pyrrole nitrogens is 1. The molecule has 6 heteroatoms. The lowest BCUT2D eigenvalue weighted by Crippen LogP contribution is -2.44. The third-order valence-electron chi connectivity index (χ3n) is 4.20. The van der Waals surface area contributed by atoms with E-state index in [9.17, 15) is 14.0 Å². The van der Waals surface area contributed by atoms with Crippen LogP contribution in [0.25, 0.3) is 10.9 Å². The molecule has 2 heterocycles. The van der Waals surface area contributed by atoms with Crippen LogP contribution in [0.3, 0.4) is 0 Å². The molecule has 1 aliphatic heterocycles. The summed E-state index contributed by atoms with van der Waals surface area (Å²) in [6, 6.07) is 4.32. The van der Waals surface area contributed by atoms with Crippen molar-refractivity contribution in [3.63, 3.8) is 0 Å². The second kappa shape index (κ2) is 5.79. The van der Waals surface area contributed by atoms with Gasteiger partial charge in [0.15, 0.2) is 0 Å². The molecule has 1 aromatic heterocycles. The van der Waals surface area contributed by atoms with Gasteiger partial charge in [-0.15, -0.1) is 0 Å². The molecule has 1 atom stereocenters. The fourth-order valence-corrected chi connectivity index (χ4v) is 3.03. The van der Waals surface area contributed by atoms with E-state index in [1.165, 1.54) is 12.1 Å². The quantitative estimate of drug-likeness (QED) is 0.890. The van der Waals surface area contributed by atoms with Gasteiger partial charge in [-0.1, -0.05) is 0 Å². The highest BCUT2D eigenvalue weighted by Crippen LogP contribution is 2.24. The van der Waals surface area contributed by atoms with E-state index in [1.807, 2.05) is 0 Å². The topological polar surface area (TPSA) is 65.2 Å². The number of nitrogens with one attached hydrogen (secondary N) is 2. The van der Waals surface area contributed by atoms with Crippen LogP contribution in [-0.2, 0) is 4.79 Å². The Morgan fingerprint density at radius 3 is 3.00 bits per heavy atom. The minimum absolute atomic E-state index is 0.0292. The van der Waals surface area contributed by atoms with Gasteiger partial charge in [-0.05, 0) is 31.0 Å². The number of hydrogen-bond acceptors (Lipinski definition) is 2. The Kier molecular flexibility index (Phi) is 3.83. The summed E-state index contributed by atoms with van der Waals surface area (Å²) in [5, 5.41) is 3.34. The average molecular weight is 303 g/mol. The second-order valence-corrected chi connectivity index (χ2v) is 5.60. The summed E-state index contributed by atoms with van der Waals surface area (Å²) in [5.74, 6) is -0.652. The van der Waals surface area contributed by atoms with Gasteiger partial charge in [0.2, 0.25) is 5.91 Å². The molecule has 1 aromatic carbocycles. The van der Waals surface area contributed by atoms with Gasteiger partial charge in [0.25, 0.3) is 5.91 Å². The molecule has 1 aliphatic rings. The molecule has 1 fully saturated rings. The average Bonchev–Trinajstić information content (AvgIpc) is 2.96. The molecule has 0 aliphatic carbocycles. The normalized spacial score (nSPS) is 18.5. The third-order valence-corrected chi connectivity index (χ3v) is 4.20. The molecule has 0 spiro atoms. The van der Waals surface area contributed by atoms with Crippen molar-refractivity contribution in [3.05, 3.63) is 35.8 Å². The predicted octanol–water partition coefficient (Wildman–Crippen LogP) is 1.91. The smallest absolute Gasteiger partial charge is 0.256 e. The minimum Gasteiger partial charge on any atom is -0.360 e. The fourth-order valence-electron chi connectivity index (χ4n) is 3.03. The van der Waals surface area contributed by atoms with Crippen LogP contribution in [0.15, 0.2) is 24.4 Å². The van der Waals surface area contributed by atoms with Crippen molar-refractivity contribution in [1.82, 2.24) is 15.2 Å². The highest BCUT2D eigenvalue weighted by Gasteiger charge is 2.29. The number of hydrogen-bond donors (Lipinski definition) is 2. The van der Waals surface area contributed by atoms with Crippen LogP contribution in [0.2, 0.25) is 0 Å². The molecule has 0 saturated carbocycles. The van der Waals surface area contributed by atoms with Gasteiger partial charge >= 0.3 is 0 Å². The molecule has 0 radical (unpaired) electrons. The third kappa shape index (κ3) is 2.56. The lowest BCUT2D eigenvalue weighted by Gasteiger charge is -2.31. The molecular formula is C16H18FN3O2. The summed E-state index contributed by atoms with van der Waals surface area (Å²) in [5.41, 5.74) is 1.12. The van der Waals surface area contributed by atoms with Crippen molar-refractivity contribution in [2.24, 2.45) is 5.92 Å². The Morgan fingerprint density at radius 2 is 2.23 bits per heavy atom. The second-order valence-electron chi connectivity index (χ2n) is 5.60. The van der Waals surface area contributed by atoms with E-state index in [0.717, 1.165) is 12.8 Å². The van der Waals surface area contributed by atoms with Crippen LogP contribution in [0.5, 0.6) is 0 Å². The van der Waals surface area contributed by atoms with Gasteiger partial charge < -0.3 is 15.2 Å². The van der Waals surface area contributed by atoms with E-state index >= 15 is 0 Å². The lowest BCUT2D eigenvalue weighted by atomic mass is 9.96. The molecule has 0 unspecified atom stereocenters. The fraction of sp³-hybridized carbons (Fsp3) is 0.375. The molecule has 5 nitrogen and oxygen atoms in total. The summed E-state index contributed by atoms with van der Waals surface area (Å²) >= 11 is 0. The standard InChI is InChI=1S/C16H18FN3O2/c1-18-15(21)10-3-2-6-20(9-10)16(22)13-8-19-14-7-11(17)4-5-12(13)14/h4-5,7-8,10,19H,2-3,6,9H2,1H3,(H,18,21)/t10-/m0/s1. The monoisotopic (exact) mass is 303 g/mol. The maximum Gasteiger partial charge on any atom is 0.256 e. The Balaban J connectivity index is 1.84. The van der Waals surface area contributed by atoms with Crippen molar-refractivity contribution in [3.8, 4) is 0 Å². The summed E-state index contributed by atoms with van der Waals surface area (Å²) in [6.45, 7) is 1.06. The molecular weight excluding hydrogens is 285 g/mol. The zero-order valence-corrected chi connectivity index (χ0v) is 12.4. The first kappa shape index (κ1) is 14.6. The van der Waals surface area contributed by atoms with Crippen molar-refractivity contribution in [1.29, 1.82) is 0 Å². The number of aromatic nitrogens is 1. The van der Waals surface area contributed by atoms with Crippen molar-refractivity contribution in [2.75, 3.05) is 20.1 Å². The van der Waals surface area contributed by atoms with Gasteiger partial charge in [-0.25, -0.2) is 4.39 Å². The first-order valence-corrected chi connectivity index (χ1v) is 7.37. The largest absolute Gasteiger partial charge is 0.360 e. The Bertz CT molecular complexity index is 725. The first-order chi connectivity index (χ1) is 10.6. The number of nitrogens with zero attached hydrogens (tertiary/aromatic N) is 1. The minimum atomic E-state index is -0.342. The van der Waals surface area contributed by atoms with E-state index in [1.54, 1.807) is 24.2 Å². The number of carbonyl (C=O) groups excluding carboxylic acids is 2. The number of piperidine rings is 1. The van der Waals surface area contributed by atoms with Gasteiger partial charge in [0.05, 0.1) is 11.5 Å². The Morgan fingerprint density at radius 1 is 1.41 bits per heavy atom. The number of aromatic amines is 1. The van der Waals surface area contributed by atoms with Crippen LogP contribution >= 0.6 is 0 Å². The molecule has 0 bridgehead atoms. The zero-order chi connectivity index (χ0) is 15.7.